The highest BCUT2D eigenvalue weighted by molar-refractivity contribution is 5.98. The number of esters is 2. The van der Waals surface area contributed by atoms with E-state index in [0.717, 1.165) is 11.1 Å². The first-order valence-corrected chi connectivity index (χ1v) is 7.12. The molecule has 0 aliphatic heterocycles. The Kier molecular flexibility index (Phi) is 4.99. The smallest absolute Gasteiger partial charge is 0.383 e. The molecular weight excluding hydrogens is 309 g/mol. The molecule has 3 nitrogen and oxygen atoms in total. The summed E-state index contributed by atoms with van der Waals surface area (Å²) >= 11 is 0. The largest absolute Gasteiger partial charge is 0.491 e. The minimum atomic E-state index is -5.20. The molecule has 0 heterocycles. The third-order valence-corrected chi connectivity index (χ3v) is 3.32. The number of rotatable bonds is 1. The summed E-state index contributed by atoms with van der Waals surface area (Å²) in [5.74, 6) is -3.81. The first-order valence-electron chi connectivity index (χ1n) is 7.12. The van der Waals surface area contributed by atoms with Crippen LogP contribution in [0.1, 0.15) is 63.0 Å². The number of benzene rings is 1. The molecule has 6 heteroatoms. The van der Waals surface area contributed by atoms with Gasteiger partial charge in [0.05, 0.1) is 5.56 Å². The van der Waals surface area contributed by atoms with Crippen LogP contribution in [-0.4, -0.2) is 18.1 Å². The van der Waals surface area contributed by atoms with Crippen molar-refractivity contribution in [3.8, 4) is 0 Å². The van der Waals surface area contributed by atoms with E-state index in [9.17, 15) is 22.8 Å². The number of alkyl halides is 3. The first kappa shape index (κ1) is 19.2. The highest BCUT2D eigenvalue weighted by atomic mass is 19.4. The summed E-state index contributed by atoms with van der Waals surface area (Å²) in [6.07, 6.45) is -5.20. The average Bonchev–Trinajstić information content (AvgIpc) is 2.34. The molecule has 1 aromatic rings. The van der Waals surface area contributed by atoms with Gasteiger partial charge in [0.2, 0.25) is 0 Å². The van der Waals surface area contributed by atoms with Gasteiger partial charge in [0.1, 0.15) is 0 Å². The van der Waals surface area contributed by atoms with E-state index in [1.165, 1.54) is 12.1 Å². The molecule has 0 aliphatic rings. The SMILES string of the molecule is CC(C)(C)c1cc(C(=O)OC(=O)C(F)(F)F)cc(C(C)(C)C)c1. The molecule has 1 rings (SSSR count). The highest BCUT2D eigenvalue weighted by Crippen LogP contribution is 2.30. The second kappa shape index (κ2) is 5.98. The maximum absolute atomic E-state index is 12.2. The van der Waals surface area contributed by atoms with Crippen LogP contribution in [0, 0.1) is 0 Å². The number of ether oxygens (including phenoxy) is 1. The third-order valence-electron chi connectivity index (χ3n) is 3.32. The van der Waals surface area contributed by atoms with E-state index >= 15 is 0 Å². The molecule has 0 saturated carbocycles. The second-order valence-corrected chi connectivity index (χ2v) is 7.47. The number of hydrogen-bond acceptors (Lipinski definition) is 3. The van der Waals surface area contributed by atoms with Crippen LogP contribution in [0.4, 0.5) is 13.2 Å². The topological polar surface area (TPSA) is 43.4 Å². The summed E-state index contributed by atoms with van der Waals surface area (Å²) in [6.45, 7) is 11.5. The van der Waals surface area contributed by atoms with Crippen LogP contribution in [0.3, 0.4) is 0 Å². The van der Waals surface area contributed by atoms with Crippen molar-refractivity contribution in [1.29, 1.82) is 0 Å². The van der Waals surface area contributed by atoms with Crippen molar-refractivity contribution < 1.29 is 27.5 Å². The number of hydrogen-bond donors (Lipinski definition) is 0. The Morgan fingerprint density at radius 3 is 1.52 bits per heavy atom. The van der Waals surface area contributed by atoms with Crippen LogP contribution in [0.5, 0.6) is 0 Å². The second-order valence-electron chi connectivity index (χ2n) is 7.47. The van der Waals surface area contributed by atoms with Crippen LogP contribution < -0.4 is 0 Å². The molecule has 0 aromatic heterocycles. The molecule has 0 spiro atoms. The van der Waals surface area contributed by atoms with Gasteiger partial charge in [-0.25, -0.2) is 9.59 Å². The zero-order valence-corrected chi connectivity index (χ0v) is 14.1. The molecule has 0 fully saturated rings. The summed E-state index contributed by atoms with van der Waals surface area (Å²) in [5.41, 5.74) is 0.849. The van der Waals surface area contributed by atoms with Gasteiger partial charge in [-0.2, -0.15) is 13.2 Å². The van der Waals surface area contributed by atoms with Crippen molar-refractivity contribution in [1.82, 2.24) is 0 Å². The Morgan fingerprint density at radius 1 is 0.826 bits per heavy atom. The molecule has 0 N–H and O–H groups in total. The van der Waals surface area contributed by atoms with Gasteiger partial charge < -0.3 is 4.74 Å². The van der Waals surface area contributed by atoms with Gasteiger partial charge in [-0.1, -0.05) is 47.6 Å². The Bertz CT molecular complexity index is 585. The van der Waals surface area contributed by atoms with Crippen molar-refractivity contribution >= 4 is 11.9 Å². The predicted octanol–water partition coefficient (Wildman–Crippen LogP) is 4.53. The van der Waals surface area contributed by atoms with E-state index in [4.69, 9.17) is 0 Å². The minimum Gasteiger partial charge on any atom is -0.383 e. The normalized spacial score (nSPS) is 12.9. The highest BCUT2D eigenvalue weighted by Gasteiger charge is 2.42. The first-order chi connectivity index (χ1) is 10.1. The maximum atomic E-state index is 12.2. The van der Waals surface area contributed by atoms with E-state index < -0.39 is 18.1 Å². The molecule has 0 bridgehead atoms. The lowest BCUT2D eigenvalue weighted by atomic mass is 9.79. The van der Waals surface area contributed by atoms with E-state index in [-0.39, 0.29) is 16.4 Å². The Labute approximate surface area is 133 Å². The summed E-state index contributed by atoms with van der Waals surface area (Å²) < 4.78 is 40.6. The lowest BCUT2D eigenvalue weighted by Gasteiger charge is -2.25. The lowest BCUT2D eigenvalue weighted by Crippen LogP contribution is -2.28. The summed E-state index contributed by atoms with van der Waals surface area (Å²) in [6, 6.07) is 4.82. The number of halogens is 3. The Balaban J connectivity index is 3.30. The Morgan fingerprint density at radius 2 is 1.22 bits per heavy atom. The van der Waals surface area contributed by atoms with E-state index in [2.05, 4.69) is 4.74 Å². The van der Waals surface area contributed by atoms with Gasteiger partial charge >= 0.3 is 18.1 Å². The van der Waals surface area contributed by atoms with Crippen molar-refractivity contribution in [3.63, 3.8) is 0 Å². The fourth-order valence-electron chi connectivity index (χ4n) is 1.81. The molecule has 0 radical (unpaired) electrons. The van der Waals surface area contributed by atoms with Gasteiger partial charge in [0.15, 0.2) is 0 Å². The lowest BCUT2D eigenvalue weighted by molar-refractivity contribution is -0.193. The van der Waals surface area contributed by atoms with Gasteiger partial charge in [0, 0.05) is 0 Å². The van der Waals surface area contributed by atoms with Crippen LogP contribution in [-0.2, 0) is 20.4 Å². The third kappa shape index (κ3) is 5.08. The summed E-state index contributed by atoms with van der Waals surface area (Å²) in [5, 5.41) is 0. The van der Waals surface area contributed by atoms with Gasteiger partial charge in [0.25, 0.3) is 0 Å². The zero-order chi connectivity index (χ0) is 18.2. The molecule has 0 saturated heterocycles. The number of carbonyl (C=O) groups is 2. The monoisotopic (exact) mass is 330 g/mol. The number of carbonyl (C=O) groups excluding carboxylic acids is 2. The van der Waals surface area contributed by atoms with Gasteiger partial charge in [-0.3, -0.25) is 0 Å². The molecule has 0 unspecified atom stereocenters. The molecule has 0 aliphatic carbocycles. The standard InChI is InChI=1S/C17H21F3O3/c1-15(2,3)11-7-10(8-12(9-11)16(4,5)6)13(21)23-14(22)17(18,19)20/h7-9H,1-6H3. The summed E-state index contributed by atoms with van der Waals surface area (Å²) in [4.78, 5) is 22.8. The molecule has 0 atom stereocenters. The molecule has 1 aromatic carbocycles. The zero-order valence-electron chi connectivity index (χ0n) is 14.1. The van der Waals surface area contributed by atoms with Crippen LogP contribution in [0.15, 0.2) is 18.2 Å². The van der Waals surface area contributed by atoms with E-state index in [1.54, 1.807) is 0 Å². The maximum Gasteiger partial charge on any atom is 0.491 e. The molecular formula is C17H21F3O3. The van der Waals surface area contributed by atoms with Gasteiger partial charge in [-0.15, -0.1) is 0 Å². The van der Waals surface area contributed by atoms with Crippen molar-refractivity contribution in [2.24, 2.45) is 0 Å². The van der Waals surface area contributed by atoms with E-state index in [0.29, 0.717) is 0 Å². The predicted molar refractivity (Wildman–Crippen MR) is 80.3 cm³/mol. The van der Waals surface area contributed by atoms with E-state index in [1.807, 2.05) is 47.6 Å². The fraction of sp³-hybridized carbons (Fsp3) is 0.529. The summed E-state index contributed by atoms with van der Waals surface area (Å²) in [7, 11) is 0. The van der Waals surface area contributed by atoms with Crippen LogP contribution >= 0.6 is 0 Å². The van der Waals surface area contributed by atoms with Crippen molar-refractivity contribution in [2.75, 3.05) is 0 Å². The Hall–Kier alpha value is -1.85. The van der Waals surface area contributed by atoms with Crippen molar-refractivity contribution in [2.45, 2.75) is 58.5 Å². The van der Waals surface area contributed by atoms with Crippen LogP contribution in [0.25, 0.3) is 0 Å². The van der Waals surface area contributed by atoms with Crippen LogP contribution in [0.2, 0.25) is 0 Å². The molecule has 128 valence electrons. The van der Waals surface area contributed by atoms with Gasteiger partial charge in [-0.05, 0) is 34.1 Å². The average molecular weight is 330 g/mol. The fourth-order valence-corrected chi connectivity index (χ4v) is 1.81. The quantitative estimate of drug-likeness (QED) is 0.561. The minimum absolute atomic E-state index is 0.0695. The van der Waals surface area contributed by atoms with Crippen molar-refractivity contribution in [3.05, 3.63) is 34.9 Å². The molecule has 23 heavy (non-hydrogen) atoms. The molecule has 0 amide bonds.